The van der Waals surface area contributed by atoms with Gasteiger partial charge in [-0.05, 0) is 55.3 Å². The summed E-state index contributed by atoms with van der Waals surface area (Å²) in [5.41, 5.74) is 1.32. The summed E-state index contributed by atoms with van der Waals surface area (Å²) in [5, 5.41) is 2.74. The van der Waals surface area contributed by atoms with Crippen LogP contribution < -0.4 is 14.4 Å². The fourth-order valence-electron chi connectivity index (χ4n) is 3.93. The third-order valence-corrected chi connectivity index (χ3v) is 8.78. The van der Waals surface area contributed by atoms with Crippen LogP contribution in [0.5, 0.6) is 5.75 Å². The van der Waals surface area contributed by atoms with E-state index >= 15 is 0 Å². The van der Waals surface area contributed by atoms with Crippen LogP contribution in [0.15, 0.2) is 53.4 Å². The molecule has 0 aromatic heterocycles. The molecule has 0 saturated carbocycles. The van der Waals surface area contributed by atoms with Crippen LogP contribution in [0.2, 0.25) is 0 Å². The number of sulfonamides is 2. The number of ether oxygens (including phenoxy) is 2. The molecule has 0 radical (unpaired) electrons. The summed E-state index contributed by atoms with van der Waals surface area (Å²) in [4.78, 5) is 13.1. The highest BCUT2D eigenvalue weighted by atomic mass is 32.2. The van der Waals surface area contributed by atoms with Crippen LogP contribution >= 0.6 is 0 Å². The Hall–Kier alpha value is -2.67. The number of rotatable bonds is 11. The number of morpholine rings is 1. The predicted molar refractivity (Wildman–Crippen MR) is 137 cm³/mol. The van der Waals surface area contributed by atoms with Gasteiger partial charge >= 0.3 is 0 Å². The molecule has 0 bridgehead atoms. The van der Waals surface area contributed by atoms with Crippen LogP contribution in [0.1, 0.15) is 18.9 Å². The first-order chi connectivity index (χ1) is 17.0. The van der Waals surface area contributed by atoms with Crippen molar-refractivity contribution < 1.29 is 31.1 Å². The Morgan fingerprint density at radius 3 is 2.36 bits per heavy atom. The van der Waals surface area contributed by atoms with Gasteiger partial charge in [0.1, 0.15) is 18.4 Å². The van der Waals surface area contributed by atoms with Gasteiger partial charge in [0.25, 0.3) is 0 Å². The largest absolute Gasteiger partial charge is 0.492 e. The number of hydrogen-bond acceptors (Lipinski definition) is 7. The zero-order chi connectivity index (χ0) is 26.3. The lowest BCUT2D eigenvalue weighted by atomic mass is 10.1. The number of carbonyl (C=O) groups is 1. The second-order valence-corrected chi connectivity index (χ2v) is 12.2. The summed E-state index contributed by atoms with van der Waals surface area (Å²) in [5.74, 6) is 0.0229. The van der Waals surface area contributed by atoms with Crippen LogP contribution in [-0.4, -0.2) is 78.8 Å². The van der Waals surface area contributed by atoms with Crippen molar-refractivity contribution in [1.82, 2.24) is 9.62 Å². The summed E-state index contributed by atoms with van der Waals surface area (Å²) in [6, 6.07) is 12.2. The maximum absolute atomic E-state index is 12.9. The van der Waals surface area contributed by atoms with Crippen molar-refractivity contribution in [2.45, 2.75) is 31.2 Å². The molecule has 36 heavy (non-hydrogen) atoms. The Bertz CT molecular complexity index is 1240. The number of aryl methyl sites for hydroxylation is 1. The minimum absolute atomic E-state index is 0.126. The van der Waals surface area contributed by atoms with E-state index in [4.69, 9.17) is 9.47 Å². The first-order valence-electron chi connectivity index (χ1n) is 11.7. The molecule has 1 aliphatic rings. The van der Waals surface area contributed by atoms with Crippen LogP contribution in [-0.2, 0) is 29.6 Å². The van der Waals surface area contributed by atoms with Gasteiger partial charge in [0.15, 0.2) is 0 Å². The third kappa shape index (κ3) is 6.96. The van der Waals surface area contributed by atoms with Gasteiger partial charge in [-0.3, -0.25) is 9.10 Å². The molecule has 1 atom stereocenters. The van der Waals surface area contributed by atoms with E-state index in [1.807, 2.05) is 13.0 Å². The average molecular weight is 540 g/mol. The first kappa shape index (κ1) is 27.9. The molecule has 1 aliphatic heterocycles. The average Bonchev–Trinajstić information content (AvgIpc) is 2.85. The zero-order valence-corrected chi connectivity index (χ0v) is 22.3. The molecule has 12 heteroatoms. The maximum atomic E-state index is 12.9. The molecule has 1 amide bonds. The molecule has 0 aliphatic carbocycles. The molecule has 198 valence electrons. The lowest BCUT2D eigenvalue weighted by Crippen LogP contribution is -2.50. The van der Waals surface area contributed by atoms with Gasteiger partial charge in [-0.25, -0.2) is 16.8 Å². The smallest absolute Gasteiger partial charge is 0.244 e. The number of nitrogens with zero attached hydrogens (tertiary/aromatic N) is 2. The quantitative estimate of drug-likeness (QED) is 0.432. The summed E-state index contributed by atoms with van der Waals surface area (Å²) < 4.78 is 63.9. The van der Waals surface area contributed by atoms with Gasteiger partial charge in [-0.2, -0.15) is 4.31 Å². The lowest BCUT2D eigenvalue weighted by Gasteiger charge is -2.30. The maximum Gasteiger partial charge on any atom is 0.244 e. The van der Waals surface area contributed by atoms with Gasteiger partial charge in [0.2, 0.25) is 26.0 Å². The Balaban J connectivity index is 1.57. The topological polar surface area (TPSA) is 122 Å². The fraction of sp³-hybridized carbons (Fsp3) is 0.458. The van der Waals surface area contributed by atoms with Gasteiger partial charge in [0.05, 0.1) is 36.6 Å². The van der Waals surface area contributed by atoms with Crippen molar-refractivity contribution >= 4 is 31.6 Å². The van der Waals surface area contributed by atoms with Gasteiger partial charge in [-0.15, -0.1) is 0 Å². The van der Waals surface area contributed by atoms with E-state index in [1.54, 1.807) is 37.3 Å². The summed E-state index contributed by atoms with van der Waals surface area (Å²) in [6.45, 7) is 5.26. The fourth-order valence-corrected chi connectivity index (χ4v) is 6.54. The first-order valence-corrected chi connectivity index (χ1v) is 15.0. The van der Waals surface area contributed by atoms with E-state index in [0.29, 0.717) is 37.7 Å². The summed E-state index contributed by atoms with van der Waals surface area (Å²) >= 11 is 0. The SMILES string of the molecule is CC[C@@H](C(=O)NCCOc1ccc(S(=O)(=O)N2CCOCC2)cc1)N(c1cccc(C)c1)S(C)(=O)=O. The van der Waals surface area contributed by atoms with Gasteiger partial charge in [0, 0.05) is 13.1 Å². The molecule has 2 aromatic carbocycles. The number of benzene rings is 2. The molecule has 0 unspecified atom stereocenters. The molecule has 10 nitrogen and oxygen atoms in total. The molecular formula is C24H33N3O7S2. The Labute approximate surface area is 213 Å². The number of carbonyl (C=O) groups excluding carboxylic acids is 1. The van der Waals surface area contributed by atoms with Crippen molar-refractivity contribution in [3.8, 4) is 5.75 Å². The summed E-state index contributed by atoms with van der Waals surface area (Å²) in [7, 11) is -7.29. The minimum atomic E-state index is -3.71. The van der Waals surface area contributed by atoms with Gasteiger partial charge < -0.3 is 14.8 Å². The standard InChI is InChI=1S/C24H33N3O7S2/c1-4-23(27(35(3,29)30)20-7-5-6-19(2)18-20)24(28)25-12-15-34-21-8-10-22(11-9-21)36(31,32)26-13-16-33-17-14-26/h5-11,18,23H,4,12-17H2,1-3H3,(H,25,28)/t23-/m0/s1. The van der Waals surface area contributed by atoms with E-state index in [0.717, 1.165) is 16.1 Å². The minimum Gasteiger partial charge on any atom is -0.492 e. The molecule has 1 heterocycles. The van der Waals surface area contributed by atoms with Crippen molar-refractivity contribution in [3.05, 3.63) is 54.1 Å². The van der Waals surface area contributed by atoms with E-state index < -0.39 is 32.0 Å². The molecule has 1 saturated heterocycles. The monoisotopic (exact) mass is 539 g/mol. The van der Waals surface area contributed by atoms with Gasteiger partial charge in [-0.1, -0.05) is 19.1 Å². The normalized spacial score (nSPS) is 15.8. The number of hydrogen-bond donors (Lipinski definition) is 1. The second kappa shape index (κ2) is 12.0. The second-order valence-electron chi connectivity index (χ2n) is 8.45. The zero-order valence-electron chi connectivity index (χ0n) is 20.7. The van der Waals surface area contributed by atoms with Crippen LogP contribution in [0, 0.1) is 6.92 Å². The molecular weight excluding hydrogens is 506 g/mol. The van der Waals surface area contributed by atoms with Crippen molar-refractivity contribution in [2.24, 2.45) is 0 Å². The van der Waals surface area contributed by atoms with E-state index in [2.05, 4.69) is 5.32 Å². The van der Waals surface area contributed by atoms with E-state index in [1.165, 1.54) is 16.4 Å². The Kier molecular flexibility index (Phi) is 9.34. The Morgan fingerprint density at radius 2 is 1.78 bits per heavy atom. The van der Waals surface area contributed by atoms with Crippen LogP contribution in [0.3, 0.4) is 0 Å². The molecule has 2 aromatic rings. The van der Waals surface area contributed by atoms with E-state index in [-0.39, 0.29) is 24.5 Å². The molecule has 1 N–H and O–H groups in total. The van der Waals surface area contributed by atoms with E-state index in [9.17, 15) is 21.6 Å². The lowest BCUT2D eigenvalue weighted by molar-refractivity contribution is -0.122. The highest BCUT2D eigenvalue weighted by Crippen LogP contribution is 2.24. The summed E-state index contributed by atoms with van der Waals surface area (Å²) in [6.07, 6.45) is 1.37. The van der Waals surface area contributed by atoms with Crippen molar-refractivity contribution in [2.75, 3.05) is 50.0 Å². The molecule has 1 fully saturated rings. The number of nitrogens with one attached hydrogen (secondary N) is 1. The highest BCUT2D eigenvalue weighted by molar-refractivity contribution is 7.92. The van der Waals surface area contributed by atoms with Crippen LogP contribution in [0.25, 0.3) is 0 Å². The van der Waals surface area contributed by atoms with Crippen LogP contribution in [0.4, 0.5) is 5.69 Å². The van der Waals surface area contributed by atoms with Crippen molar-refractivity contribution in [1.29, 1.82) is 0 Å². The van der Waals surface area contributed by atoms with Crippen molar-refractivity contribution in [3.63, 3.8) is 0 Å². The number of anilines is 1. The molecule has 0 spiro atoms. The molecule has 3 rings (SSSR count). The predicted octanol–water partition coefficient (Wildman–Crippen LogP) is 1.76. The number of amides is 1. The third-order valence-electron chi connectivity index (χ3n) is 5.69. The Morgan fingerprint density at radius 1 is 1.11 bits per heavy atom. The highest BCUT2D eigenvalue weighted by Gasteiger charge is 2.31.